The molecule has 2 aromatic carbocycles. The van der Waals surface area contributed by atoms with Crippen molar-refractivity contribution in [2.75, 3.05) is 64.2 Å². The fourth-order valence-corrected chi connectivity index (χ4v) is 5.25. The Balaban J connectivity index is 1.23. The predicted molar refractivity (Wildman–Crippen MR) is 171 cm³/mol. The Labute approximate surface area is 270 Å². The first-order chi connectivity index (χ1) is 22.2. The standard InChI is InChI=1S/C32H36ClFN6O6/c1-44-30(42)17-27(32(43)45-2)39-10-12-40(13-11-39)29(41)4-3-9-35-26-15-22-25(16-28(26)46-18-20-5-6-20)36-19-37-31(22)38-21-7-8-24(34)23(33)14-21/h3-4,7-8,14-16,19-20,27,35H,5-6,9-13,17-18H2,1-2H3,(H,36,37,38). The number of hydrogen-bond acceptors (Lipinski definition) is 11. The number of methoxy groups -OCH3 is 2. The zero-order valence-electron chi connectivity index (χ0n) is 25.6. The molecule has 1 saturated heterocycles. The van der Waals surface area contributed by atoms with Crippen LogP contribution in [0.25, 0.3) is 10.9 Å². The number of nitrogens with zero attached hydrogens (tertiary/aromatic N) is 4. The van der Waals surface area contributed by atoms with E-state index in [9.17, 15) is 18.8 Å². The molecule has 14 heteroatoms. The van der Waals surface area contributed by atoms with E-state index in [0.717, 1.165) is 12.8 Å². The van der Waals surface area contributed by atoms with E-state index in [1.54, 1.807) is 17.0 Å². The molecule has 1 atom stereocenters. The van der Waals surface area contributed by atoms with Gasteiger partial charge in [0.2, 0.25) is 5.91 Å². The molecule has 1 amide bonds. The van der Waals surface area contributed by atoms with Crippen molar-refractivity contribution in [1.82, 2.24) is 19.8 Å². The zero-order valence-corrected chi connectivity index (χ0v) is 26.4. The maximum absolute atomic E-state index is 13.7. The minimum Gasteiger partial charge on any atom is -0.491 e. The first kappa shape index (κ1) is 32.9. The number of piperazine rings is 1. The van der Waals surface area contributed by atoms with Crippen molar-refractivity contribution in [3.8, 4) is 5.75 Å². The summed E-state index contributed by atoms with van der Waals surface area (Å²) < 4.78 is 29.4. The largest absolute Gasteiger partial charge is 0.491 e. The number of carbonyl (C=O) groups is 3. The van der Waals surface area contributed by atoms with Crippen molar-refractivity contribution in [2.45, 2.75) is 25.3 Å². The van der Waals surface area contributed by atoms with Crippen LogP contribution in [-0.4, -0.2) is 97.2 Å². The van der Waals surface area contributed by atoms with Gasteiger partial charge in [0.1, 0.15) is 29.8 Å². The van der Waals surface area contributed by atoms with Gasteiger partial charge >= 0.3 is 11.9 Å². The molecule has 12 nitrogen and oxygen atoms in total. The number of nitrogens with one attached hydrogen (secondary N) is 2. The summed E-state index contributed by atoms with van der Waals surface area (Å²) in [6.07, 6.45) is 6.85. The van der Waals surface area contributed by atoms with Crippen LogP contribution in [0.2, 0.25) is 5.02 Å². The van der Waals surface area contributed by atoms with Crippen LogP contribution in [-0.2, 0) is 23.9 Å². The maximum atomic E-state index is 13.7. The highest BCUT2D eigenvalue weighted by Crippen LogP contribution is 2.36. The molecule has 244 valence electrons. The molecule has 1 saturated carbocycles. The Kier molecular flexibility index (Phi) is 10.9. The van der Waals surface area contributed by atoms with Gasteiger partial charge in [-0.1, -0.05) is 17.7 Å². The number of halogens is 2. The fraction of sp³-hybridized carbons (Fsp3) is 0.406. The van der Waals surface area contributed by atoms with E-state index in [1.807, 2.05) is 17.0 Å². The van der Waals surface area contributed by atoms with Gasteiger partial charge in [-0.05, 0) is 43.0 Å². The number of carbonyl (C=O) groups excluding carboxylic acids is 3. The van der Waals surface area contributed by atoms with Gasteiger partial charge in [0.25, 0.3) is 0 Å². The second kappa shape index (κ2) is 15.2. The summed E-state index contributed by atoms with van der Waals surface area (Å²) in [4.78, 5) is 49.3. The highest BCUT2D eigenvalue weighted by Gasteiger charge is 2.32. The number of aromatic nitrogens is 2. The van der Waals surface area contributed by atoms with Crippen molar-refractivity contribution in [3.63, 3.8) is 0 Å². The Bertz CT molecular complexity index is 1610. The van der Waals surface area contributed by atoms with E-state index in [-0.39, 0.29) is 17.4 Å². The summed E-state index contributed by atoms with van der Waals surface area (Å²) in [6.45, 7) is 2.55. The van der Waals surface area contributed by atoms with Crippen LogP contribution in [0.5, 0.6) is 5.75 Å². The molecule has 2 heterocycles. The molecule has 46 heavy (non-hydrogen) atoms. The number of ether oxygens (including phenoxy) is 3. The number of amides is 1. The number of anilines is 3. The molecular weight excluding hydrogens is 619 g/mol. The normalized spacial score (nSPS) is 15.9. The number of esters is 2. The van der Waals surface area contributed by atoms with Crippen molar-refractivity contribution >= 4 is 57.5 Å². The minimum absolute atomic E-state index is 0.00588. The molecule has 2 N–H and O–H groups in total. The van der Waals surface area contributed by atoms with Crippen LogP contribution in [0.15, 0.2) is 48.8 Å². The molecule has 1 aromatic heterocycles. The molecular formula is C32H36ClFN6O6. The van der Waals surface area contributed by atoms with Crippen LogP contribution in [0.3, 0.4) is 0 Å². The van der Waals surface area contributed by atoms with Crippen molar-refractivity contribution < 1.29 is 33.0 Å². The van der Waals surface area contributed by atoms with Gasteiger partial charge in [-0.3, -0.25) is 19.3 Å². The molecule has 0 radical (unpaired) electrons. The quantitative estimate of drug-likeness (QED) is 0.203. The Morgan fingerprint density at radius 1 is 1.09 bits per heavy atom. The third kappa shape index (κ3) is 8.40. The lowest BCUT2D eigenvalue weighted by molar-refractivity contribution is -0.154. The second-order valence-electron chi connectivity index (χ2n) is 11.1. The molecule has 0 bridgehead atoms. The van der Waals surface area contributed by atoms with Crippen molar-refractivity contribution in [3.05, 3.63) is 59.7 Å². The third-order valence-corrected chi connectivity index (χ3v) is 8.18. The lowest BCUT2D eigenvalue weighted by Crippen LogP contribution is -2.54. The molecule has 0 spiro atoms. The van der Waals surface area contributed by atoms with Crippen LogP contribution in [0.1, 0.15) is 19.3 Å². The lowest BCUT2D eigenvalue weighted by Gasteiger charge is -2.37. The number of benzene rings is 2. The Hall–Kier alpha value is -4.49. The van der Waals surface area contributed by atoms with E-state index in [4.69, 9.17) is 25.8 Å². The van der Waals surface area contributed by atoms with E-state index >= 15 is 0 Å². The summed E-state index contributed by atoms with van der Waals surface area (Å²) in [5.74, 6) is -0.0110. The smallest absolute Gasteiger partial charge is 0.323 e. The maximum Gasteiger partial charge on any atom is 0.323 e. The van der Waals surface area contributed by atoms with Crippen LogP contribution >= 0.6 is 11.6 Å². The molecule has 1 unspecified atom stereocenters. The topological polar surface area (TPSA) is 135 Å². The second-order valence-corrected chi connectivity index (χ2v) is 11.5. The van der Waals surface area contributed by atoms with E-state index in [1.165, 1.54) is 38.8 Å². The number of rotatable bonds is 13. The molecule has 3 aromatic rings. The molecule has 1 aliphatic heterocycles. The highest BCUT2D eigenvalue weighted by molar-refractivity contribution is 6.31. The Morgan fingerprint density at radius 3 is 2.57 bits per heavy atom. The summed E-state index contributed by atoms with van der Waals surface area (Å²) >= 11 is 5.97. The van der Waals surface area contributed by atoms with Gasteiger partial charge in [0.15, 0.2) is 0 Å². The minimum atomic E-state index is -0.762. The van der Waals surface area contributed by atoms with E-state index in [2.05, 4.69) is 20.6 Å². The van der Waals surface area contributed by atoms with Gasteiger partial charge < -0.3 is 29.7 Å². The summed E-state index contributed by atoms with van der Waals surface area (Å²) in [6, 6.07) is 7.30. The highest BCUT2D eigenvalue weighted by atomic mass is 35.5. The van der Waals surface area contributed by atoms with Gasteiger partial charge in [0.05, 0.1) is 43.5 Å². The number of fused-ring (bicyclic) bond motifs is 1. The van der Waals surface area contributed by atoms with Crippen LogP contribution < -0.4 is 15.4 Å². The monoisotopic (exact) mass is 654 g/mol. The predicted octanol–water partition coefficient (Wildman–Crippen LogP) is 4.17. The third-order valence-electron chi connectivity index (χ3n) is 7.89. The van der Waals surface area contributed by atoms with Crippen molar-refractivity contribution in [2.24, 2.45) is 5.92 Å². The fourth-order valence-electron chi connectivity index (χ4n) is 5.07. The molecule has 2 fully saturated rings. The average Bonchev–Trinajstić information content (AvgIpc) is 3.90. The van der Waals surface area contributed by atoms with Gasteiger partial charge in [-0.2, -0.15) is 0 Å². The summed E-state index contributed by atoms with van der Waals surface area (Å²) in [7, 11) is 2.55. The van der Waals surface area contributed by atoms with Crippen LogP contribution in [0, 0.1) is 11.7 Å². The lowest BCUT2D eigenvalue weighted by atomic mass is 10.1. The number of hydrogen-bond donors (Lipinski definition) is 2. The summed E-state index contributed by atoms with van der Waals surface area (Å²) in [5.41, 5.74) is 1.93. The Morgan fingerprint density at radius 2 is 1.87 bits per heavy atom. The summed E-state index contributed by atoms with van der Waals surface area (Å²) in [5, 5.41) is 7.23. The van der Waals surface area contributed by atoms with Gasteiger partial charge in [-0.25, -0.2) is 14.4 Å². The molecule has 2 aliphatic rings. The first-order valence-electron chi connectivity index (χ1n) is 15.0. The molecule has 1 aliphatic carbocycles. The van der Waals surface area contributed by atoms with Crippen molar-refractivity contribution in [1.29, 1.82) is 0 Å². The van der Waals surface area contributed by atoms with Gasteiger partial charge in [0, 0.05) is 55.9 Å². The molecule has 5 rings (SSSR count). The van der Waals surface area contributed by atoms with E-state index < -0.39 is 23.8 Å². The SMILES string of the molecule is COC(=O)CC(C(=O)OC)N1CCN(C(=O)C=CCNc2cc3c(Nc4ccc(F)c(Cl)c4)ncnc3cc2OCC2CC2)CC1. The first-order valence-corrected chi connectivity index (χ1v) is 15.3. The average molecular weight is 655 g/mol. The van der Waals surface area contributed by atoms with Gasteiger partial charge in [-0.15, -0.1) is 0 Å². The van der Waals surface area contributed by atoms with E-state index in [0.29, 0.717) is 79.1 Å². The van der Waals surface area contributed by atoms with Crippen LogP contribution in [0.4, 0.5) is 21.6 Å². The zero-order chi connectivity index (χ0) is 32.6.